The van der Waals surface area contributed by atoms with Gasteiger partial charge in [0.2, 0.25) is 0 Å². The van der Waals surface area contributed by atoms with E-state index in [2.05, 4.69) is 11.3 Å². The van der Waals surface area contributed by atoms with Crippen LogP contribution in [0.4, 0.5) is 0 Å². The molecule has 3 heteroatoms. The number of hydrogen-bond acceptors (Lipinski definition) is 3. The average Bonchev–Trinajstić information content (AvgIpc) is 1.85. The highest BCUT2D eigenvalue weighted by Gasteiger charge is 1.96. The van der Waals surface area contributed by atoms with Crippen LogP contribution in [0.5, 0.6) is 0 Å². The van der Waals surface area contributed by atoms with E-state index in [1.54, 1.807) is 0 Å². The molecule has 0 aromatic heterocycles. The van der Waals surface area contributed by atoms with Crippen LogP contribution in [0.15, 0.2) is 12.7 Å². The lowest BCUT2D eigenvalue weighted by molar-refractivity contribution is -0.143. The van der Waals surface area contributed by atoms with E-state index >= 15 is 0 Å². The zero-order valence-electron chi connectivity index (χ0n) is 5.00. The van der Waals surface area contributed by atoms with Crippen molar-refractivity contribution in [2.75, 3.05) is 6.61 Å². The first-order valence-corrected chi connectivity index (χ1v) is 2.51. The molecule has 0 N–H and O–H groups in total. The molecule has 0 aliphatic heterocycles. The van der Waals surface area contributed by atoms with Gasteiger partial charge in [-0.25, -0.2) is 0 Å². The SMILES string of the molecule is C=CCOC(=O)CC=O. The fraction of sp³-hybridized carbons (Fsp3) is 0.333. The molecule has 0 unspecified atom stereocenters. The van der Waals surface area contributed by atoms with E-state index < -0.39 is 5.97 Å². The Morgan fingerprint density at radius 1 is 1.67 bits per heavy atom. The topological polar surface area (TPSA) is 43.4 Å². The molecule has 0 fully saturated rings. The fourth-order valence-electron chi connectivity index (χ4n) is 0.279. The van der Waals surface area contributed by atoms with Gasteiger partial charge in [-0.2, -0.15) is 0 Å². The summed E-state index contributed by atoms with van der Waals surface area (Å²) in [6.45, 7) is 3.50. The predicted molar refractivity (Wildman–Crippen MR) is 31.8 cm³/mol. The molecule has 9 heavy (non-hydrogen) atoms. The van der Waals surface area contributed by atoms with Crippen LogP contribution < -0.4 is 0 Å². The first kappa shape index (κ1) is 7.88. The van der Waals surface area contributed by atoms with Gasteiger partial charge < -0.3 is 9.53 Å². The van der Waals surface area contributed by atoms with Gasteiger partial charge in [0.15, 0.2) is 0 Å². The summed E-state index contributed by atoms with van der Waals surface area (Å²) >= 11 is 0. The van der Waals surface area contributed by atoms with Crippen molar-refractivity contribution in [2.45, 2.75) is 6.42 Å². The minimum Gasteiger partial charge on any atom is -0.461 e. The molecule has 0 atom stereocenters. The second-order valence-electron chi connectivity index (χ2n) is 1.34. The molecule has 0 saturated heterocycles. The van der Waals surface area contributed by atoms with Crippen LogP contribution in [0, 0.1) is 0 Å². The van der Waals surface area contributed by atoms with Gasteiger partial charge in [-0.15, -0.1) is 0 Å². The smallest absolute Gasteiger partial charge is 0.313 e. The van der Waals surface area contributed by atoms with E-state index in [-0.39, 0.29) is 13.0 Å². The number of esters is 1. The molecule has 0 heterocycles. The highest BCUT2D eigenvalue weighted by atomic mass is 16.5. The third kappa shape index (κ3) is 4.74. The van der Waals surface area contributed by atoms with Gasteiger partial charge in [0, 0.05) is 0 Å². The van der Waals surface area contributed by atoms with Crippen molar-refractivity contribution in [2.24, 2.45) is 0 Å². The summed E-state index contributed by atoms with van der Waals surface area (Å²) in [5.74, 6) is -0.509. The van der Waals surface area contributed by atoms with Crippen molar-refractivity contribution in [1.29, 1.82) is 0 Å². The fourth-order valence-corrected chi connectivity index (χ4v) is 0.279. The molecule has 0 amide bonds. The number of hydrogen-bond donors (Lipinski definition) is 0. The zero-order valence-corrected chi connectivity index (χ0v) is 5.00. The van der Waals surface area contributed by atoms with Crippen molar-refractivity contribution in [3.8, 4) is 0 Å². The molecule has 0 saturated carbocycles. The van der Waals surface area contributed by atoms with Gasteiger partial charge in [0.1, 0.15) is 19.3 Å². The van der Waals surface area contributed by atoms with E-state index in [4.69, 9.17) is 0 Å². The Kier molecular flexibility index (Phi) is 4.40. The summed E-state index contributed by atoms with van der Waals surface area (Å²) in [5.41, 5.74) is 0. The quantitative estimate of drug-likeness (QED) is 0.237. The largest absolute Gasteiger partial charge is 0.461 e. The van der Waals surface area contributed by atoms with Crippen LogP contribution in [-0.4, -0.2) is 18.9 Å². The highest BCUT2D eigenvalue weighted by molar-refractivity contribution is 5.83. The Bertz CT molecular complexity index is 117. The molecule has 50 valence electrons. The van der Waals surface area contributed by atoms with E-state index in [1.807, 2.05) is 0 Å². The van der Waals surface area contributed by atoms with Crippen molar-refractivity contribution in [3.05, 3.63) is 12.7 Å². The predicted octanol–water partition coefficient (Wildman–Crippen LogP) is 0.305. The van der Waals surface area contributed by atoms with Gasteiger partial charge in [-0.3, -0.25) is 4.79 Å². The molecular formula is C6H8O3. The molecule has 0 radical (unpaired) electrons. The lowest BCUT2D eigenvalue weighted by atomic mass is 10.5. The number of rotatable bonds is 4. The molecule has 0 aromatic rings. The second kappa shape index (κ2) is 5.03. The van der Waals surface area contributed by atoms with Gasteiger partial charge in [0.25, 0.3) is 0 Å². The summed E-state index contributed by atoms with van der Waals surface area (Å²) in [5, 5.41) is 0. The van der Waals surface area contributed by atoms with Gasteiger partial charge >= 0.3 is 5.97 Å². The highest BCUT2D eigenvalue weighted by Crippen LogP contribution is 1.81. The van der Waals surface area contributed by atoms with E-state index in [1.165, 1.54) is 6.08 Å². The standard InChI is InChI=1S/C6H8O3/c1-2-5-9-6(8)3-4-7/h2,4H,1,3,5H2. The van der Waals surface area contributed by atoms with Crippen LogP contribution in [0.1, 0.15) is 6.42 Å². The Balaban J connectivity index is 3.26. The van der Waals surface area contributed by atoms with Crippen molar-refractivity contribution in [3.63, 3.8) is 0 Å². The van der Waals surface area contributed by atoms with Gasteiger partial charge in [-0.1, -0.05) is 12.7 Å². The summed E-state index contributed by atoms with van der Waals surface area (Å²) in [6, 6.07) is 0. The van der Waals surface area contributed by atoms with E-state index in [0.29, 0.717) is 6.29 Å². The molecule has 0 spiro atoms. The van der Waals surface area contributed by atoms with E-state index in [9.17, 15) is 9.59 Å². The third-order valence-electron chi connectivity index (χ3n) is 0.612. The van der Waals surface area contributed by atoms with Gasteiger partial charge in [-0.05, 0) is 0 Å². The summed E-state index contributed by atoms with van der Waals surface area (Å²) in [4.78, 5) is 20.0. The van der Waals surface area contributed by atoms with Crippen molar-refractivity contribution < 1.29 is 14.3 Å². The van der Waals surface area contributed by atoms with Crippen LogP contribution in [0.25, 0.3) is 0 Å². The summed E-state index contributed by atoms with van der Waals surface area (Å²) < 4.78 is 4.44. The Hall–Kier alpha value is -1.12. The van der Waals surface area contributed by atoms with E-state index in [0.717, 1.165) is 0 Å². The lowest BCUT2D eigenvalue weighted by Gasteiger charge is -1.94. The molecule has 0 aliphatic carbocycles. The lowest BCUT2D eigenvalue weighted by Crippen LogP contribution is -2.03. The number of aldehydes is 1. The minimum atomic E-state index is -0.509. The number of carbonyl (C=O) groups excluding carboxylic acids is 2. The summed E-state index contributed by atoms with van der Waals surface area (Å²) in [6.07, 6.45) is 1.78. The first-order chi connectivity index (χ1) is 4.31. The summed E-state index contributed by atoms with van der Waals surface area (Å²) in [7, 11) is 0. The molecule has 0 bridgehead atoms. The maximum Gasteiger partial charge on any atom is 0.313 e. The molecular weight excluding hydrogens is 120 g/mol. The van der Waals surface area contributed by atoms with Crippen molar-refractivity contribution >= 4 is 12.3 Å². The number of carbonyl (C=O) groups is 2. The maximum absolute atomic E-state index is 10.3. The monoisotopic (exact) mass is 128 g/mol. The number of ether oxygens (including phenoxy) is 1. The van der Waals surface area contributed by atoms with Gasteiger partial charge in [0.05, 0.1) is 0 Å². The molecule has 0 rings (SSSR count). The molecule has 0 aliphatic rings. The average molecular weight is 128 g/mol. The molecule has 3 nitrogen and oxygen atoms in total. The third-order valence-corrected chi connectivity index (χ3v) is 0.612. The van der Waals surface area contributed by atoms with Crippen LogP contribution >= 0.6 is 0 Å². The normalized spacial score (nSPS) is 8.00. The zero-order chi connectivity index (χ0) is 7.11. The Morgan fingerprint density at radius 2 is 2.33 bits per heavy atom. The van der Waals surface area contributed by atoms with Crippen LogP contribution in [-0.2, 0) is 14.3 Å². The van der Waals surface area contributed by atoms with Crippen molar-refractivity contribution in [1.82, 2.24) is 0 Å². The maximum atomic E-state index is 10.3. The second-order valence-corrected chi connectivity index (χ2v) is 1.34. The molecule has 0 aromatic carbocycles. The first-order valence-electron chi connectivity index (χ1n) is 2.51. The Morgan fingerprint density at radius 3 is 2.78 bits per heavy atom. The minimum absolute atomic E-state index is 0.173. The van der Waals surface area contributed by atoms with Crippen LogP contribution in [0.2, 0.25) is 0 Å². The van der Waals surface area contributed by atoms with Crippen LogP contribution in [0.3, 0.4) is 0 Å². The Labute approximate surface area is 53.3 Å².